The summed E-state index contributed by atoms with van der Waals surface area (Å²) in [6.45, 7) is 1.88. The number of carbonyl (C=O) groups is 1. The lowest BCUT2D eigenvalue weighted by Gasteiger charge is -2.05. The minimum absolute atomic E-state index is 0.484. The van der Waals surface area contributed by atoms with Crippen LogP contribution < -0.4 is 0 Å². The van der Waals surface area contributed by atoms with Gasteiger partial charge in [0.15, 0.2) is 6.29 Å². The number of benzene rings is 1. The molecule has 4 heteroatoms. The van der Waals surface area contributed by atoms with Crippen LogP contribution in [0.4, 0.5) is 0 Å². The Bertz CT molecular complexity index is 546. The predicted octanol–water partition coefficient (Wildman–Crippen LogP) is 2.97. The van der Waals surface area contributed by atoms with Crippen molar-refractivity contribution in [3.8, 4) is 11.3 Å². The second-order valence-electron chi connectivity index (χ2n) is 3.58. The molecular weight excluding hydrogens is 268 g/mol. The fourth-order valence-electron chi connectivity index (χ4n) is 1.70. The molecule has 0 unspecified atom stereocenters. The van der Waals surface area contributed by atoms with Crippen molar-refractivity contribution in [2.24, 2.45) is 7.05 Å². The van der Waals surface area contributed by atoms with Crippen LogP contribution in [0.1, 0.15) is 16.3 Å². The van der Waals surface area contributed by atoms with Gasteiger partial charge in [-0.15, -0.1) is 0 Å². The lowest BCUT2D eigenvalue weighted by Crippen LogP contribution is -1.95. The molecule has 0 bridgehead atoms. The summed E-state index contributed by atoms with van der Waals surface area (Å²) < 4.78 is 2.91. The third-order valence-electron chi connectivity index (χ3n) is 2.56. The fourth-order valence-corrected chi connectivity index (χ4v) is 2.09. The van der Waals surface area contributed by atoms with Crippen LogP contribution in [0.25, 0.3) is 11.3 Å². The standard InChI is InChI=1S/C12H11BrN2O/c1-8-14-11(7-16)12(15(8)2)9-4-3-5-10(13)6-9/h3-7H,1-2H3. The zero-order chi connectivity index (χ0) is 11.7. The number of hydrogen-bond acceptors (Lipinski definition) is 2. The van der Waals surface area contributed by atoms with Crippen LogP contribution in [0.5, 0.6) is 0 Å². The van der Waals surface area contributed by atoms with E-state index in [-0.39, 0.29) is 0 Å². The van der Waals surface area contributed by atoms with Gasteiger partial charge >= 0.3 is 0 Å². The molecule has 0 aliphatic heterocycles. The third-order valence-corrected chi connectivity index (χ3v) is 3.05. The van der Waals surface area contributed by atoms with Crippen LogP contribution in [0, 0.1) is 6.92 Å². The number of hydrogen-bond donors (Lipinski definition) is 0. The topological polar surface area (TPSA) is 34.9 Å². The molecule has 3 nitrogen and oxygen atoms in total. The van der Waals surface area contributed by atoms with Gasteiger partial charge in [-0.3, -0.25) is 4.79 Å². The number of nitrogens with zero attached hydrogens (tertiary/aromatic N) is 2. The van der Waals surface area contributed by atoms with Gasteiger partial charge in [-0.2, -0.15) is 0 Å². The first-order chi connectivity index (χ1) is 7.63. The first kappa shape index (κ1) is 11.1. The van der Waals surface area contributed by atoms with Crippen LogP contribution >= 0.6 is 15.9 Å². The van der Waals surface area contributed by atoms with E-state index < -0.39 is 0 Å². The van der Waals surface area contributed by atoms with Gasteiger partial charge in [0, 0.05) is 17.1 Å². The molecule has 0 atom stereocenters. The maximum atomic E-state index is 11.0. The number of aryl methyl sites for hydroxylation is 1. The Labute approximate surface area is 102 Å². The van der Waals surface area contributed by atoms with Crippen molar-refractivity contribution in [2.75, 3.05) is 0 Å². The molecule has 16 heavy (non-hydrogen) atoms. The van der Waals surface area contributed by atoms with E-state index >= 15 is 0 Å². The lowest BCUT2D eigenvalue weighted by atomic mass is 10.1. The number of carbonyl (C=O) groups excluding carboxylic acids is 1. The van der Waals surface area contributed by atoms with Gasteiger partial charge < -0.3 is 4.57 Å². The van der Waals surface area contributed by atoms with Crippen molar-refractivity contribution in [3.63, 3.8) is 0 Å². The summed E-state index contributed by atoms with van der Waals surface area (Å²) in [7, 11) is 1.91. The number of aromatic nitrogens is 2. The van der Waals surface area contributed by atoms with E-state index in [9.17, 15) is 4.79 Å². The molecule has 0 aliphatic rings. The molecule has 0 fully saturated rings. The highest BCUT2D eigenvalue weighted by molar-refractivity contribution is 9.10. The van der Waals surface area contributed by atoms with Gasteiger partial charge in [-0.05, 0) is 19.1 Å². The highest BCUT2D eigenvalue weighted by Gasteiger charge is 2.13. The van der Waals surface area contributed by atoms with E-state index in [1.807, 2.05) is 42.8 Å². The normalized spacial score (nSPS) is 10.4. The van der Waals surface area contributed by atoms with E-state index in [1.165, 1.54) is 0 Å². The van der Waals surface area contributed by atoms with Crippen molar-refractivity contribution in [1.29, 1.82) is 0 Å². The Morgan fingerprint density at radius 3 is 2.81 bits per heavy atom. The van der Waals surface area contributed by atoms with Crippen LogP contribution in [-0.2, 0) is 7.05 Å². The molecule has 0 saturated carbocycles. The molecule has 0 aliphatic carbocycles. The van der Waals surface area contributed by atoms with Crippen LogP contribution in [-0.4, -0.2) is 15.8 Å². The smallest absolute Gasteiger partial charge is 0.170 e. The van der Waals surface area contributed by atoms with Crippen molar-refractivity contribution >= 4 is 22.2 Å². The van der Waals surface area contributed by atoms with Gasteiger partial charge in [0.05, 0.1) is 5.69 Å². The van der Waals surface area contributed by atoms with Crippen LogP contribution in [0.15, 0.2) is 28.7 Å². The molecule has 82 valence electrons. The van der Waals surface area contributed by atoms with E-state index in [0.29, 0.717) is 5.69 Å². The quantitative estimate of drug-likeness (QED) is 0.792. The van der Waals surface area contributed by atoms with Gasteiger partial charge in [0.2, 0.25) is 0 Å². The molecule has 2 rings (SSSR count). The molecule has 2 aromatic rings. The largest absolute Gasteiger partial charge is 0.331 e. The Balaban J connectivity index is 2.67. The second kappa shape index (κ2) is 4.22. The summed E-state index contributed by atoms with van der Waals surface area (Å²) in [5, 5.41) is 0. The molecule has 1 aromatic carbocycles. The summed E-state index contributed by atoms with van der Waals surface area (Å²) in [4.78, 5) is 15.2. The van der Waals surface area contributed by atoms with Gasteiger partial charge in [-0.1, -0.05) is 28.1 Å². The van der Waals surface area contributed by atoms with E-state index in [1.54, 1.807) is 0 Å². The van der Waals surface area contributed by atoms with E-state index in [4.69, 9.17) is 0 Å². The van der Waals surface area contributed by atoms with Crippen LogP contribution in [0.2, 0.25) is 0 Å². The summed E-state index contributed by atoms with van der Waals surface area (Å²) >= 11 is 3.42. The van der Waals surface area contributed by atoms with E-state index in [0.717, 1.165) is 27.8 Å². The maximum Gasteiger partial charge on any atom is 0.170 e. The summed E-state index contributed by atoms with van der Waals surface area (Å²) in [6, 6.07) is 7.83. The summed E-state index contributed by atoms with van der Waals surface area (Å²) in [5.41, 5.74) is 2.33. The van der Waals surface area contributed by atoms with Gasteiger partial charge in [-0.25, -0.2) is 4.98 Å². The molecule has 1 aromatic heterocycles. The molecule has 0 N–H and O–H groups in total. The van der Waals surface area contributed by atoms with Crippen LogP contribution in [0.3, 0.4) is 0 Å². The van der Waals surface area contributed by atoms with E-state index in [2.05, 4.69) is 20.9 Å². The zero-order valence-corrected chi connectivity index (χ0v) is 10.7. The Morgan fingerprint density at radius 2 is 2.19 bits per heavy atom. The number of halogens is 1. The second-order valence-corrected chi connectivity index (χ2v) is 4.50. The Morgan fingerprint density at radius 1 is 1.44 bits per heavy atom. The fraction of sp³-hybridized carbons (Fsp3) is 0.167. The minimum atomic E-state index is 0.484. The van der Waals surface area contributed by atoms with Crippen molar-refractivity contribution < 1.29 is 4.79 Å². The third kappa shape index (κ3) is 1.80. The monoisotopic (exact) mass is 278 g/mol. The number of rotatable bonds is 2. The summed E-state index contributed by atoms with van der Waals surface area (Å²) in [6.07, 6.45) is 0.795. The SMILES string of the molecule is Cc1nc(C=O)c(-c2cccc(Br)c2)n1C. The molecule has 1 heterocycles. The highest BCUT2D eigenvalue weighted by Crippen LogP contribution is 2.25. The summed E-state index contributed by atoms with van der Waals surface area (Å²) in [5.74, 6) is 0.831. The van der Waals surface area contributed by atoms with Crippen molar-refractivity contribution in [2.45, 2.75) is 6.92 Å². The van der Waals surface area contributed by atoms with Crippen molar-refractivity contribution in [1.82, 2.24) is 9.55 Å². The molecule has 0 saturated heterocycles. The lowest BCUT2D eigenvalue weighted by molar-refractivity contribution is 0.112. The Hall–Kier alpha value is -1.42. The first-order valence-electron chi connectivity index (χ1n) is 4.88. The predicted molar refractivity (Wildman–Crippen MR) is 66.5 cm³/mol. The maximum absolute atomic E-state index is 11.0. The molecule has 0 spiro atoms. The number of aldehydes is 1. The molecular formula is C12H11BrN2O. The number of imidazole rings is 1. The zero-order valence-electron chi connectivity index (χ0n) is 9.07. The molecule has 0 radical (unpaired) electrons. The first-order valence-corrected chi connectivity index (χ1v) is 5.67. The minimum Gasteiger partial charge on any atom is -0.331 e. The molecule has 0 amide bonds. The highest BCUT2D eigenvalue weighted by atomic mass is 79.9. The van der Waals surface area contributed by atoms with Gasteiger partial charge in [0.1, 0.15) is 11.5 Å². The Kier molecular flexibility index (Phi) is 2.92. The average Bonchev–Trinajstić information content (AvgIpc) is 2.55. The van der Waals surface area contributed by atoms with Crippen molar-refractivity contribution in [3.05, 3.63) is 40.3 Å². The average molecular weight is 279 g/mol. The van der Waals surface area contributed by atoms with Gasteiger partial charge in [0.25, 0.3) is 0 Å².